The third-order valence-corrected chi connectivity index (χ3v) is 3.76. The van der Waals surface area contributed by atoms with Crippen molar-refractivity contribution in [2.24, 2.45) is 0 Å². The number of carbonyl (C=O) groups excluding carboxylic acids is 1. The maximum Gasteiger partial charge on any atom is 0.326 e. The van der Waals surface area contributed by atoms with Crippen molar-refractivity contribution in [1.82, 2.24) is 10.6 Å². The molecule has 1 unspecified atom stereocenters. The molecule has 1 saturated carbocycles. The fourth-order valence-corrected chi connectivity index (χ4v) is 2.48. The second-order valence-electron chi connectivity index (χ2n) is 4.65. The molecule has 0 heterocycles. The number of thioether (sulfide) groups is 1. The van der Waals surface area contributed by atoms with E-state index in [4.69, 9.17) is 5.11 Å². The first-order valence-corrected chi connectivity index (χ1v) is 7.99. The van der Waals surface area contributed by atoms with Crippen LogP contribution in [0.2, 0.25) is 0 Å². The van der Waals surface area contributed by atoms with Crippen molar-refractivity contribution < 1.29 is 14.7 Å². The molecule has 0 aromatic carbocycles. The summed E-state index contributed by atoms with van der Waals surface area (Å²) in [5, 5.41) is 14.1. The van der Waals surface area contributed by atoms with E-state index >= 15 is 0 Å². The van der Waals surface area contributed by atoms with Crippen LogP contribution in [0.5, 0.6) is 0 Å². The van der Waals surface area contributed by atoms with Crippen LogP contribution in [0.1, 0.15) is 38.5 Å². The van der Waals surface area contributed by atoms with Crippen LogP contribution in [0.15, 0.2) is 11.8 Å². The Bertz CT molecular complexity index is 337. The molecule has 1 rings (SSSR count). The number of carboxylic acids is 1. The van der Waals surface area contributed by atoms with Crippen molar-refractivity contribution in [2.45, 2.75) is 44.6 Å². The summed E-state index contributed by atoms with van der Waals surface area (Å²) in [6.45, 7) is 0. The molecular formula is C13H22N2O3S. The summed E-state index contributed by atoms with van der Waals surface area (Å²) in [6.07, 6.45) is 9.69. The molecule has 5 nitrogen and oxygen atoms in total. The number of carbonyl (C=O) groups is 2. The van der Waals surface area contributed by atoms with E-state index in [0.717, 1.165) is 12.8 Å². The molecule has 1 aliphatic rings. The average Bonchev–Trinajstić information content (AvgIpc) is 2.42. The van der Waals surface area contributed by atoms with Gasteiger partial charge < -0.3 is 15.7 Å². The van der Waals surface area contributed by atoms with Gasteiger partial charge in [-0.05, 0) is 44.1 Å². The quantitative estimate of drug-likeness (QED) is 0.700. The molecule has 2 amide bonds. The van der Waals surface area contributed by atoms with Gasteiger partial charge >= 0.3 is 12.0 Å². The van der Waals surface area contributed by atoms with Crippen LogP contribution in [-0.2, 0) is 4.79 Å². The smallest absolute Gasteiger partial charge is 0.326 e. The molecule has 0 radical (unpaired) electrons. The van der Waals surface area contributed by atoms with Crippen LogP contribution >= 0.6 is 11.8 Å². The number of urea groups is 1. The van der Waals surface area contributed by atoms with E-state index in [9.17, 15) is 9.59 Å². The van der Waals surface area contributed by atoms with Crippen molar-refractivity contribution in [2.75, 3.05) is 12.0 Å². The first-order chi connectivity index (χ1) is 9.13. The molecule has 6 heteroatoms. The molecule has 0 spiro atoms. The lowest BCUT2D eigenvalue weighted by Gasteiger charge is -2.16. The van der Waals surface area contributed by atoms with Crippen LogP contribution in [0, 0.1) is 0 Å². The van der Waals surface area contributed by atoms with Gasteiger partial charge in [0.05, 0.1) is 0 Å². The molecule has 0 aromatic heterocycles. The molecule has 1 atom stereocenters. The van der Waals surface area contributed by atoms with Gasteiger partial charge in [0.1, 0.15) is 6.04 Å². The maximum absolute atomic E-state index is 11.6. The highest BCUT2D eigenvalue weighted by atomic mass is 32.2. The van der Waals surface area contributed by atoms with Crippen molar-refractivity contribution in [3.8, 4) is 0 Å². The Balaban J connectivity index is 2.37. The normalized spacial score (nSPS) is 16.6. The van der Waals surface area contributed by atoms with Gasteiger partial charge in [-0.3, -0.25) is 0 Å². The zero-order valence-electron chi connectivity index (χ0n) is 11.3. The van der Waals surface area contributed by atoms with Gasteiger partial charge in [0.15, 0.2) is 0 Å². The highest BCUT2D eigenvalue weighted by Crippen LogP contribution is 2.21. The van der Waals surface area contributed by atoms with Crippen LogP contribution in [-0.4, -0.2) is 35.2 Å². The van der Waals surface area contributed by atoms with Crippen LogP contribution < -0.4 is 10.6 Å². The summed E-state index contributed by atoms with van der Waals surface area (Å²) in [7, 11) is 0. The summed E-state index contributed by atoms with van der Waals surface area (Å²) >= 11 is 1.56. The lowest BCUT2D eigenvalue weighted by molar-refractivity contribution is -0.139. The molecule has 1 aliphatic carbocycles. The van der Waals surface area contributed by atoms with Crippen molar-refractivity contribution in [1.29, 1.82) is 0 Å². The number of hydrogen-bond donors (Lipinski definition) is 3. The molecule has 3 N–H and O–H groups in total. The third kappa shape index (κ3) is 6.52. The first kappa shape index (κ1) is 15.9. The van der Waals surface area contributed by atoms with Gasteiger partial charge in [-0.15, -0.1) is 0 Å². The van der Waals surface area contributed by atoms with Gasteiger partial charge in [-0.25, -0.2) is 9.59 Å². The molecule has 0 bridgehead atoms. The number of allylic oxidation sites excluding steroid dienone is 1. The number of hydrogen-bond acceptors (Lipinski definition) is 3. The highest BCUT2D eigenvalue weighted by Gasteiger charge is 2.18. The Morgan fingerprint density at radius 1 is 1.37 bits per heavy atom. The maximum atomic E-state index is 11.6. The van der Waals surface area contributed by atoms with E-state index in [1.54, 1.807) is 18.0 Å². The Hall–Kier alpha value is -1.17. The van der Waals surface area contributed by atoms with E-state index in [2.05, 4.69) is 10.6 Å². The minimum atomic E-state index is -0.991. The topological polar surface area (TPSA) is 78.4 Å². The Morgan fingerprint density at radius 3 is 2.63 bits per heavy atom. The van der Waals surface area contributed by atoms with Gasteiger partial charge in [-0.1, -0.05) is 12.0 Å². The summed E-state index contributed by atoms with van der Waals surface area (Å²) in [5.74, 6) is -0.285. The lowest BCUT2D eigenvalue weighted by atomic mass is 9.96. The largest absolute Gasteiger partial charge is 0.480 e. The number of rotatable bonds is 6. The van der Waals surface area contributed by atoms with Gasteiger partial charge in [0.2, 0.25) is 0 Å². The predicted molar refractivity (Wildman–Crippen MR) is 77.3 cm³/mol. The summed E-state index contributed by atoms with van der Waals surface area (Å²) in [4.78, 5) is 22.6. The molecule has 19 heavy (non-hydrogen) atoms. The SMILES string of the molecule is CSCCC(NC(=O)NC=C1CCCCC1)C(=O)O. The molecule has 0 saturated heterocycles. The van der Waals surface area contributed by atoms with Crippen LogP contribution in [0.4, 0.5) is 4.79 Å². The summed E-state index contributed by atoms with van der Waals surface area (Å²) < 4.78 is 0. The zero-order valence-corrected chi connectivity index (χ0v) is 12.1. The lowest BCUT2D eigenvalue weighted by Crippen LogP contribution is -2.45. The summed E-state index contributed by atoms with van der Waals surface area (Å²) in [5.41, 5.74) is 1.23. The van der Waals surface area contributed by atoms with Crippen LogP contribution in [0.25, 0.3) is 0 Å². The summed E-state index contributed by atoms with van der Waals surface area (Å²) in [6, 6.07) is -1.26. The first-order valence-electron chi connectivity index (χ1n) is 6.60. The predicted octanol–water partition coefficient (Wildman–Crippen LogP) is 2.34. The third-order valence-electron chi connectivity index (χ3n) is 3.12. The second-order valence-corrected chi connectivity index (χ2v) is 5.64. The van der Waals surface area contributed by atoms with E-state index in [1.807, 2.05) is 6.26 Å². The fourth-order valence-electron chi connectivity index (χ4n) is 2.01. The van der Waals surface area contributed by atoms with Crippen LogP contribution in [0.3, 0.4) is 0 Å². The standard InChI is InChI=1S/C13H22N2O3S/c1-19-8-7-11(12(16)17)15-13(18)14-9-10-5-3-2-4-6-10/h9,11H,2-8H2,1H3,(H,16,17)(H2,14,15,18). The average molecular weight is 286 g/mol. The molecule has 108 valence electrons. The Morgan fingerprint density at radius 2 is 2.05 bits per heavy atom. The van der Waals surface area contributed by atoms with Crippen molar-refractivity contribution in [3.63, 3.8) is 0 Å². The minimum Gasteiger partial charge on any atom is -0.480 e. The number of nitrogens with one attached hydrogen (secondary N) is 2. The van der Waals surface area contributed by atoms with E-state index in [1.165, 1.54) is 24.8 Å². The number of carboxylic acid groups (broad SMARTS) is 1. The number of amides is 2. The van der Waals surface area contributed by atoms with Gasteiger partial charge in [0.25, 0.3) is 0 Å². The molecule has 0 aliphatic heterocycles. The van der Waals surface area contributed by atoms with E-state index < -0.39 is 18.0 Å². The van der Waals surface area contributed by atoms with Gasteiger partial charge in [0, 0.05) is 6.20 Å². The Kier molecular flexibility index (Phi) is 7.40. The van der Waals surface area contributed by atoms with E-state index in [0.29, 0.717) is 12.2 Å². The molecule has 1 fully saturated rings. The van der Waals surface area contributed by atoms with Gasteiger partial charge in [-0.2, -0.15) is 11.8 Å². The fraction of sp³-hybridized carbons (Fsp3) is 0.692. The Labute approximate surface area is 118 Å². The molecule has 0 aromatic rings. The number of aliphatic carboxylic acids is 1. The van der Waals surface area contributed by atoms with E-state index in [-0.39, 0.29) is 0 Å². The van der Waals surface area contributed by atoms with Crippen molar-refractivity contribution >= 4 is 23.8 Å². The van der Waals surface area contributed by atoms with Crippen molar-refractivity contribution in [3.05, 3.63) is 11.8 Å². The minimum absolute atomic E-state index is 0.431. The zero-order chi connectivity index (χ0) is 14.1. The second kappa shape index (κ2) is 8.85. The monoisotopic (exact) mass is 286 g/mol. The molecular weight excluding hydrogens is 264 g/mol. The highest BCUT2D eigenvalue weighted by molar-refractivity contribution is 7.98.